The van der Waals surface area contributed by atoms with Gasteiger partial charge in [0, 0.05) is 18.9 Å². The Morgan fingerprint density at radius 1 is 0.842 bits per heavy atom. The average Bonchev–Trinajstić information content (AvgIpc) is 2.80. The summed E-state index contributed by atoms with van der Waals surface area (Å²) < 4.78 is 108. The van der Waals surface area contributed by atoms with E-state index in [2.05, 4.69) is 15.6 Å². The molecule has 3 rings (SSSR count). The maximum absolute atomic E-state index is 15.0. The number of pyridine rings is 1. The van der Waals surface area contributed by atoms with Crippen molar-refractivity contribution in [3.05, 3.63) is 83.5 Å². The molecule has 0 fully saturated rings. The van der Waals surface area contributed by atoms with E-state index in [0.717, 1.165) is 18.3 Å². The van der Waals surface area contributed by atoms with Crippen LogP contribution in [0.2, 0.25) is 5.15 Å². The first kappa shape index (κ1) is 30.3. The van der Waals surface area contributed by atoms with Gasteiger partial charge in [0.15, 0.2) is 5.82 Å². The molecule has 0 bridgehead atoms. The lowest BCUT2D eigenvalue weighted by Crippen LogP contribution is -2.50. The first-order valence-corrected chi connectivity index (χ1v) is 12.4. The van der Waals surface area contributed by atoms with Crippen molar-refractivity contribution in [2.45, 2.75) is 18.0 Å². The number of hydrogen-bond donors (Lipinski definition) is 2. The van der Waals surface area contributed by atoms with Gasteiger partial charge < -0.3 is 10.6 Å². The molecule has 0 spiro atoms. The standard InChI is InChI=1S/C22H10ClF8I2N3O2/c23-15-5-4-9(8-34-15)18(37)35-14-3-1-2-11(16(14)24)19(38)36-17-12(32)6-10(7-13(17)33)20(25,21(26,27)28)22(29,30)31/h1-8H,(H,35,37)(H,36,38). The van der Waals surface area contributed by atoms with E-state index in [1.54, 1.807) is 0 Å². The third kappa shape index (κ3) is 5.98. The van der Waals surface area contributed by atoms with Crippen LogP contribution in [0.1, 0.15) is 26.3 Å². The van der Waals surface area contributed by atoms with Gasteiger partial charge in [-0.25, -0.2) is 13.8 Å². The molecule has 1 heterocycles. The molecule has 2 aromatic carbocycles. The molecule has 38 heavy (non-hydrogen) atoms. The van der Waals surface area contributed by atoms with Crippen LogP contribution in [-0.4, -0.2) is 29.2 Å². The summed E-state index contributed by atoms with van der Waals surface area (Å²) in [5.41, 5.74) is -8.69. The van der Waals surface area contributed by atoms with Crippen molar-refractivity contribution in [2.24, 2.45) is 0 Å². The zero-order valence-corrected chi connectivity index (χ0v) is 23.1. The number of nitrogens with one attached hydrogen (secondary N) is 2. The summed E-state index contributed by atoms with van der Waals surface area (Å²) in [5, 5.41) is 4.55. The lowest BCUT2D eigenvalue weighted by molar-refractivity contribution is -0.348. The third-order valence-electron chi connectivity index (χ3n) is 4.94. The van der Waals surface area contributed by atoms with Crippen LogP contribution < -0.4 is 10.6 Å². The Balaban J connectivity index is 1.91. The molecule has 5 nitrogen and oxygen atoms in total. The molecule has 0 aliphatic carbocycles. The van der Waals surface area contributed by atoms with Gasteiger partial charge in [0.25, 0.3) is 11.8 Å². The van der Waals surface area contributed by atoms with E-state index in [1.165, 1.54) is 63.4 Å². The van der Waals surface area contributed by atoms with Gasteiger partial charge in [-0.15, -0.1) is 0 Å². The fraction of sp³-hybridized carbons (Fsp3) is 0.136. The van der Waals surface area contributed by atoms with E-state index < -0.39 is 52.5 Å². The predicted molar refractivity (Wildman–Crippen MR) is 138 cm³/mol. The maximum Gasteiger partial charge on any atom is 0.435 e. The Morgan fingerprint density at radius 3 is 1.92 bits per heavy atom. The Hall–Kier alpha value is -2.28. The molecule has 0 saturated carbocycles. The van der Waals surface area contributed by atoms with Gasteiger partial charge in [-0.1, -0.05) is 17.7 Å². The number of amides is 2. The molecule has 0 unspecified atom stereocenters. The van der Waals surface area contributed by atoms with Crippen molar-refractivity contribution in [3.8, 4) is 0 Å². The second-order valence-electron chi connectivity index (χ2n) is 7.41. The minimum Gasteiger partial charge on any atom is -0.320 e. The average molecular weight is 790 g/mol. The summed E-state index contributed by atoms with van der Waals surface area (Å²) in [6, 6.07) is 6.59. The van der Waals surface area contributed by atoms with Gasteiger partial charge >= 0.3 is 18.0 Å². The molecule has 0 radical (unpaired) electrons. The molecular weight excluding hydrogens is 780 g/mol. The summed E-state index contributed by atoms with van der Waals surface area (Å²) in [4.78, 5) is 28.8. The van der Waals surface area contributed by atoms with Gasteiger partial charge in [0.05, 0.1) is 22.5 Å². The first-order chi connectivity index (χ1) is 17.5. The first-order valence-electron chi connectivity index (χ1n) is 9.82. The zero-order chi connectivity index (χ0) is 28.6. The van der Waals surface area contributed by atoms with Crippen LogP contribution in [0.3, 0.4) is 0 Å². The second kappa shape index (κ2) is 11.1. The molecule has 2 amide bonds. The number of carbonyl (C=O) groups is 2. The van der Waals surface area contributed by atoms with Crippen LogP contribution in [0.4, 0.5) is 46.5 Å². The topological polar surface area (TPSA) is 71.1 Å². The van der Waals surface area contributed by atoms with Crippen LogP contribution in [0, 0.1) is 13.0 Å². The number of aromatic nitrogens is 1. The Bertz CT molecular complexity index is 1360. The molecule has 202 valence electrons. The molecule has 1 aromatic heterocycles. The van der Waals surface area contributed by atoms with Crippen LogP contribution in [-0.2, 0) is 5.67 Å². The summed E-state index contributed by atoms with van der Waals surface area (Å²) in [6.45, 7) is 0. The van der Waals surface area contributed by atoms with E-state index in [1.807, 2.05) is 0 Å². The van der Waals surface area contributed by atoms with Gasteiger partial charge in [-0.05, 0) is 81.6 Å². The van der Waals surface area contributed by atoms with E-state index in [0.29, 0.717) is 0 Å². The van der Waals surface area contributed by atoms with Crippen molar-refractivity contribution in [3.63, 3.8) is 0 Å². The highest BCUT2D eigenvalue weighted by atomic mass is 127. The highest BCUT2D eigenvalue weighted by Gasteiger charge is 2.73. The molecule has 2 N–H and O–H groups in total. The molecule has 0 atom stereocenters. The highest BCUT2D eigenvalue weighted by Crippen LogP contribution is 2.54. The van der Waals surface area contributed by atoms with E-state index >= 15 is 4.39 Å². The lowest BCUT2D eigenvalue weighted by Gasteiger charge is -2.31. The Labute approximate surface area is 240 Å². The minimum atomic E-state index is -6.32. The predicted octanol–water partition coefficient (Wildman–Crippen LogP) is 7.88. The van der Waals surface area contributed by atoms with Crippen LogP contribution in [0.15, 0.2) is 48.7 Å². The smallest absolute Gasteiger partial charge is 0.320 e. The van der Waals surface area contributed by atoms with Crippen LogP contribution in [0.5, 0.6) is 0 Å². The fourth-order valence-electron chi connectivity index (χ4n) is 3.07. The highest BCUT2D eigenvalue weighted by molar-refractivity contribution is 14.1. The maximum atomic E-state index is 15.0. The molecule has 0 aliphatic rings. The molecule has 3 aromatic rings. The zero-order valence-electron chi connectivity index (χ0n) is 18.0. The van der Waals surface area contributed by atoms with Gasteiger partial charge in [-0.3, -0.25) is 9.59 Å². The fourth-order valence-corrected chi connectivity index (χ4v) is 5.22. The van der Waals surface area contributed by atoms with Gasteiger partial charge in [0.2, 0.25) is 0 Å². The van der Waals surface area contributed by atoms with Crippen molar-refractivity contribution in [1.29, 1.82) is 0 Å². The van der Waals surface area contributed by atoms with Gasteiger partial charge in [0.1, 0.15) is 5.15 Å². The summed E-state index contributed by atoms with van der Waals surface area (Å²) in [6.07, 6.45) is -11.5. The lowest BCUT2D eigenvalue weighted by atomic mass is 9.94. The second-order valence-corrected chi connectivity index (χ2v) is 10.1. The van der Waals surface area contributed by atoms with E-state index in [9.17, 15) is 40.3 Å². The monoisotopic (exact) mass is 789 g/mol. The van der Waals surface area contributed by atoms with E-state index in [-0.39, 0.29) is 35.7 Å². The number of benzene rings is 2. The molecule has 16 heteroatoms. The normalized spacial score (nSPS) is 12.3. The van der Waals surface area contributed by atoms with Crippen LogP contribution in [0.25, 0.3) is 0 Å². The Morgan fingerprint density at radius 2 is 1.42 bits per heavy atom. The quantitative estimate of drug-likeness (QED) is 0.157. The number of carbonyl (C=O) groups excluding carboxylic acids is 2. The summed E-state index contributed by atoms with van der Waals surface area (Å²) >= 11 is 8.28. The summed E-state index contributed by atoms with van der Waals surface area (Å²) in [5.74, 6) is -3.11. The van der Waals surface area contributed by atoms with Crippen molar-refractivity contribution < 1.29 is 44.7 Å². The Kier molecular flexibility index (Phi) is 8.82. The number of rotatable bonds is 5. The van der Waals surface area contributed by atoms with Crippen molar-refractivity contribution in [2.75, 3.05) is 10.6 Å². The number of hydrogen-bond acceptors (Lipinski definition) is 3. The number of halogens is 11. The van der Waals surface area contributed by atoms with E-state index in [4.69, 9.17) is 11.6 Å². The van der Waals surface area contributed by atoms with Gasteiger partial charge in [-0.2, -0.15) is 26.3 Å². The molecular formula is C22H10ClF8I2N3O2. The van der Waals surface area contributed by atoms with Crippen molar-refractivity contribution in [1.82, 2.24) is 4.98 Å². The number of alkyl halides is 7. The largest absolute Gasteiger partial charge is 0.435 e. The SMILES string of the molecule is O=C(Nc1cccc(C(=O)Nc2c(I)cc(C(F)(C(F)(F)F)C(F)(F)F)cc2I)c1F)c1ccc(Cl)nc1. The number of nitrogens with zero attached hydrogens (tertiary/aromatic N) is 1. The summed E-state index contributed by atoms with van der Waals surface area (Å²) in [7, 11) is 0. The minimum absolute atomic E-state index is 0.0227. The molecule has 0 saturated heterocycles. The van der Waals surface area contributed by atoms with Crippen molar-refractivity contribution >= 4 is 80.0 Å². The molecule has 0 aliphatic heterocycles. The number of anilines is 2. The van der Waals surface area contributed by atoms with Crippen LogP contribution >= 0.6 is 56.8 Å². The third-order valence-corrected chi connectivity index (χ3v) is 6.87.